The van der Waals surface area contributed by atoms with Crippen molar-refractivity contribution in [2.24, 2.45) is 5.73 Å². The molecule has 2 aromatic rings. The summed E-state index contributed by atoms with van der Waals surface area (Å²) in [7, 11) is 6.33. The Morgan fingerprint density at radius 1 is 0.852 bits per heavy atom. The number of ether oxygens (including phenoxy) is 4. The van der Waals surface area contributed by atoms with E-state index >= 15 is 0 Å². The molecular weight excluding hydrogens is 348 g/mol. The van der Waals surface area contributed by atoms with Gasteiger partial charge in [-0.2, -0.15) is 0 Å². The fraction of sp³-hybridized carbons (Fsp3) is 0.350. The summed E-state index contributed by atoms with van der Waals surface area (Å²) in [5.41, 5.74) is 7.93. The molecule has 7 heteroatoms. The number of amides is 1. The summed E-state index contributed by atoms with van der Waals surface area (Å²) in [6.07, 6.45) is 0. The number of hydrogen-bond donors (Lipinski definition) is 1. The van der Waals surface area contributed by atoms with Gasteiger partial charge in [-0.25, -0.2) is 0 Å². The van der Waals surface area contributed by atoms with Crippen LogP contribution in [0.25, 0.3) is 0 Å². The molecule has 0 aliphatic carbocycles. The van der Waals surface area contributed by atoms with Gasteiger partial charge in [-0.05, 0) is 35.4 Å². The van der Waals surface area contributed by atoms with Crippen LogP contribution in [0.2, 0.25) is 0 Å². The van der Waals surface area contributed by atoms with E-state index < -0.39 is 6.04 Å². The SMILES string of the molecule is COc1ccc(CN2C(=O)[C@@H](N)[C@H]2c2ccc(OC)c(OC)c2)cc1OC. The van der Waals surface area contributed by atoms with Crippen LogP contribution in [0, 0.1) is 0 Å². The van der Waals surface area contributed by atoms with Crippen LogP contribution in [0.1, 0.15) is 17.2 Å². The van der Waals surface area contributed by atoms with Gasteiger partial charge in [0.2, 0.25) is 5.91 Å². The maximum atomic E-state index is 12.4. The predicted molar refractivity (Wildman–Crippen MR) is 100 cm³/mol. The monoisotopic (exact) mass is 372 g/mol. The molecule has 1 amide bonds. The number of carbonyl (C=O) groups is 1. The molecule has 0 radical (unpaired) electrons. The third-order valence-corrected chi connectivity index (χ3v) is 4.79. The van der Waals surface area contributed by atoms with Gasteiger partial charge in [0.1, 0.15) is 6.04 Å². The van der Waals surface area contributed by atoms with E-state index in [1.54, 1.807) is 33.3 Å². The Labute approximate surface area is 158 Å². The molecule has 27 heavy (non-hydrogen) atoms. The summed E-state index contributed by atoms with van der Waals surface area (Å²) in [6, 6.07) is 10.4. The zero-order valence-corrected chi connectivity index (χ0v) is 15.9. The molecule has 7 nitrogen and oxygen atoms in total. The summed E-state index contributed by atoms with van der Waals surface area (Å²) in [5.74, 6) is 2.41. The largest absolute Gasteiger partial charge is 0.493 e. The average molecular weight is 372 g/mol. The minimum Gasteiger partial charge on any atom is -0.493 e. The fourth-order valence-corrected chi connectivity index (χ4v) is 3.35. The number of hydrogen-bond acceptors (Lipinski definition) is 6. The van der Waals surface area contributed by atoms with Gasteiger partial charge in [-0.3, -0.25) is 4.79 Å². The lowest BCUT2D eigenvalue weighted by molar-refractivity contribution is -0.150. The molecule has 0 aromatic heterocycles. The number of β-lactam (4-membered cyclic amide) rings is 1. The van der Waals surface area contributed by atoms with Gasteiger partial charge >= 0.3 is 0 Å². The number of benzene rings is 2. The normalized spacial score (nSPS) is 18.7. The molecule has 0 saturated carbocycles. The fourth-order valence-electron chi connectivity index (χ4n) is 3.35. The van der Waals surface area contributed by atoms with Crippen molar-refractivity contribution in [3.8, 4) is 23.0 Å². The topological polar surface area (TPSA) is 83.3 Å². The molecule has 1 heterocycles. The van der Waals surface area contributed by atoms with E-state index in [1.807, 2.05) is 36.4 Å². The van der Waals surface area contributed by atoms with Crippen LogP contribution in [0.5, 0.6) is 23.0 Å². The van der Waals surface area contributed by atoms with Crippen molar-refractivity contribution in [3.05, 3.63) is 47.5 Å². The van der Waals surface area contributed by atoms with E-state index in [4.69, 9.17) is 24.7 Å². The highest BCUT2D eigenvalue weighted by Gasteiger charge is 2.45. The lowest BCUT2D eigenvalue weighted by atomic mass is 9.88. The van der Waals surface area contributed by atoms with Gasteiger partial charge < -0.3 is 29.6 Å². The molecule has 1 fully saturated rings. The van der Waals surface area contributed by atoms with E-state index in [2.05, 4.69) is 0 Å². The van der Waals surface area contributed by atoms with Crippen LogP contribution >= 0.6 is 0 Å². The van der Waals surface area contributed by atoms with Crippen LogP contribution in [-0.2, 0) is 11.3 Å². The number of nitrogens with two attached hydrogens (primary N) is 1. The molecule has 1 aliphatic heterocycles. The van der Waals surface area contributed by atoms with Crippen molar-refractivity contribution in [1.82, 2.24) is 4.90 Å². The van der Waals surface area contributed by atoms with Crippen molar-refractivity contribution in [3.63, 3.8) is 0 Å². The maximum absolute atomic E-state index is 12.4. The second-order valence-electron chi connectivity index (χ2n) is 6.24. The van der Waals surface area contributed by atoms with Gasteiger partial charge in [-0.1, -0.05) is 12.1 Å². The second kappa shape index (κ2) is 7.75. The highest BCUT2D eigenvalue weighted by molar-refractivity contribution is 5.89. The van der Waals surface area contributed by atoms with E-state index in [-0.39, 0.29) is 11.9 Å². The van der Waals surface area contributed by atoms with Crippen LogP contribution in [0.4, 0.5) is 0 Å². The average Bonchev–Trinajstić information content (AvgIpc) is 2.72. The lowest BCUT2D eigenvalue weighted by Gasteiger charge is -2.46. The lowest BCUT2D eigenvalue weighted by Crippen LogP contribution is -2.62. The van der Waals surface area contributed by atoms with Crippen LogP contribution < -0.4 is 24.7 Å². The van der Waals surface area contributed by atoms with Crippen LogP contribution in [0.15, 0.2) is 36.4 Å². The standard InChI is InChI=1S/C20H24N2O5/c1-24-14-7-5-12(9-16(14)26-3)11-22-19(18(21)20(22)23)13-6-8-15(25-2)17(10-13)27-4/h5-10,18-19H,11,21H2,1-4H3/t18-,19+/m0/s1. The third kappa shape index (κ3) is 3.38. The quantitative estimate of drug-likeness (QED) is 0.750. The van der Waals surface area contributed by atoms with Crippen LogP contribution in [0.3, 0.4) is 0 Å². The van der Waals surface area contributed by atoms with Crippen molar-refractivity contribution in [1.29, 1.82) is 0 Å². The zero-order valence-electron chi connectivity index (χ0n) is 15.9. The van der Waals surface area contributed by atoms with Gasteiger partial charge in [-0.15, -0.1) is 0 Å². The molecule has 1 aliphatic rings. The first kappa shape index (κ1) is 18.8. The Hall–Kier alpha value is -2.93. The maximum Gasteiger partial charge on any atom is 0.242 e. The molecular formula is C20H24N2O5. The number of rotatable bonds is 7. The molecule has 3 rings (SSSR count). The van der Waals surface area contributed by atoms with Gasteiger partial charge in [0.25, 0.3) is 0 Å². The minimum atomic E-state index is -0.580. The first-order chi connectivity index (χ1) is 13.0. The summed E-state index contributed by atoms with van der Waals surface area (Å²) in [4.78, 5) is 14.1. The Morgan fingerprint density at radius 3 is 2.00 bits per heavy atom. The Bertz CT molecular complexity index is 839. The molecule has 2 N–H and O–H groups in total. The highest BCUT2D eigenvalue weighted by Crippen LogP contribution is 2.39. The van der Waals surface area contributed by atoms with Crippen LogP contribution in [-0.4, -0.2) is 45.3 Å². The Balaban J connectivity index is 1.86. The number of methoxy groups -OCH3 is 4. The molecule has 2 atom stereocenters. The summed E-state index contributed by atoms with van der Waals surface area (Å²) in [6.45, 7) is 0.423. The zero-order chi connectivity index (χ0) is 19.6. The molecule has 144 valence electrons. The first-order valence-corrected chi connectivity index (χ1v) is 8.53. The number of carbonyl (C=O) groups excluding carboxylic acids is 1. The van der Waals surface area contributed by atoms with Crippen molar-refractivity contribution in [2.45, 2.75) is 18.6 Å². The number of nitrogens with zero attached hydrogens (tertiary/aromatic N) is 1. The summed E-state index contributed by atoms with van der Waals surface area (Å²) < 4.78 is 21.2. The van der Waals surface area contributed by atoms with Gasteiger partial charge in [0.15, 0.2) is 23.0 Å². The van der Waals surface area contributed by atoms with E-state index in [0.29, 0.717) is 29.5 Å². The second-order valence-corrected chi connectivity index (χ2v) is 6.24. The molecule has 0 unspecified atom stereocenters. The highest BCUT2D eigenvalue weighted by atomic mass is 16.5. The Kier molecular flexibility index (Phi) is 5.41. The predicted octanol–water partition coefficient (Wildman–Crippen LogP) is 2.13. The smallest absolute Gasteiger partial charge is 0.242 e. The minimum absolute atomic E-state index is 0.0930. The van der Waals surface area contributed by atoms with Gasteiger partial charge in [0.05, 0.1) is 34.5 Å². The summed E-state index contributed by atoms with van der Waals surface area (Å²) in [5, 5.41) is 0. The van der Waals surface area contributed by atoms with E-state index in [1.165, 1.54) is 0 Å². The summed E-state index contributed by atoms with van der Waals surface area (Å²) >= 11 is 0. The Morgan fingerprint density at radius 2 is 1.41 bits per heavy atom. The molecule has 0 bridgehead atoms. The molecule has 1 saturated heterocycles. The third-order valence-electron chi connectivity index (χ3n) is 4.79. The molecule has 0 spiro atoms. The first-order valence-electron chi connectivity index (χ1n) is 8.53. The molecule has 2 aromatic carbocycles. The van der Waals surface area contributed by atoms with Crippen molar-refractivity contribution in [2.75, 3.05) is 28.4 Å². The van der Waals surface area contributed by atoms with E-state index in [0.717, 1.165) is 11.1 Å². The number of likely N-dealkylation sites (tertiary alicyclic amines) is 1. The van der Waals surface area contributed by atoms with E-state index in [9.17, 15) is 4.79 Å². The van der Waals surface area contributed by atoms with Gasteiger partial charge in [0, 0.05) is 6.54 Å². The van der Waals surface area contributed by atoms with Crippen molar-refractivity contribution >= 4 is 5.91 Å². The van der Waals surface area contributed by atoms with Crippen molar-refractivity contribution < 1.29 is 23.7 Å².